The summed E-state index contributed by atoms with van der Waals surface area (Å²) in [6, 6.07) is 18.6. The van der Waals surface area contributed by atoms with Crippen LogP contribution in [-0.2, 0) is 16.6 Å². The van der Waals surface area contributed by atoms with E-state index in [1.54, 1.807) is 6.07 Å². The first kappa shape index (κ1) is 31.8. The molecule has 2 aliphatic carbocycles. The Hall–Kier alpha value is -4.40. The van der Waals surface area contributed by atoms with Gasteiger partial charge in [0, 0.05) is 54.0 Å². The van der Waals surface area contributed by atoms with Crippen LogP contribution in [0.5, 0.6) is 11.5 Å². The maximum Gasteiger partial charge on any atom is 0.163 e. The molecule has 0 saturated heterocycles. The molecular weight excluding hydrogens is 612 g/mol. The van der Waals surface area contributed by atoms with Crippen molar-refractivity contribution in [3.8, 4) is 22.6 Å². The summed E-state index contributed by atoms with van der Waals surface area (Å²) in [7, 11) is 0. The van der Waals surface area contributed by atoms with E-state index in [9.17, 15) is 15.0 Å². The van der Waals surface area contributed by atoms with Crippen LogP contribution in [-0.4, -0.2) is 46.5 Å². The van der Waals surface area contributed by atoms with E-state index in [1.165, 1.54) is 33.4 Å². The van der Waals surface area contributed by atoms with Gasteiger partial charge in [-0.3, -0.25) is 9.79 Å². The van der Waals surface area contributed by atoms with Crippen LogP contribution >= 0.6 is 0 Å². The number of nitrogens with one attached hydrogen (secondary N) is 1. The first-order chi connectivity index (χ1) is 23.9. The third-order valence-electron chi connectivity index (χ3n) is 11.4. The number of Topliss-reactive ketones (excluding diaryl/α,β-unsaturated/α-hetero) is 1. The Morgan fingerprint density at radius 2 is 2.00 bits per heavy atom. The van der Waals surface area contributed by atoms with Crippen molar-refractivity contribution in [2.75, 3.05) is 18.6 Å². The van der Waals surface area contributed by atoms with E-state index < -0.39 is 6.10 Å². The van der Waals surface area contributed by atoms with Crippen LogP contribution < -0.4 is 15.8 Å². The predicted molar refractivity (Wildman–Crippen MR) is 193 cm³/mol. The third kappa shape index (κ3) is 5.46. The largest absolute Gasteiger partial charge is 0.504 e. The van der Waals surface area contributed by atoms with E-state index in [-0.39, 0.29) is 36.3 Å². The SMILES string of the molecule is CCCCC[C@@H](O)CC(=O)CCc1ccc(O)c(OCN2C=C3N=CC([C@@]45CCC[C@@H]4c4cccc6c4-c4c(cccc45)[C@H](N)N6)=C3C2)c1. The Balaban J connectivity index is 0.992. The molecule has 0 radical (unpaired) electrons. The molecule has 3 aromatic carbocycles. The number of fused-ring (bicyclic) bond motifs is 4. The van der Waals surface area contributed by atoms with Crippen molar-refractivity contribution in [3.05, 3.63) is 99.9 Å². The van der Waals surface area contributed by atoms with Gasteiger partial charge >= 0.3 is 0 Å². The van der Waals surface area contributed by atoms with Gasteiger partial charge in [0.2, 0.25) is 0 Å². The summed E-state index contributed by atoms with van der Waals surface area (Å²) in [5.74, 6) is 0.880. The third-order valence-corrected chi connectivity index (χ3v) is 11.4. The lowest BCUT2D eigenvalue weighted by atomic mass is 9.57. The monoisotopic (exact) mass is 658 g/mol. The van der Waals surface area contributed by atoms with Crippen LogP contribution in [0.15, 0.2) is 82.6 Å². The zero-order valence-corrected chi connectivity index (χ0v) is 28.3. The Bertz CT molecular complexity index is 1900. The minimum Gasteiger partial charge on any atom is -0.504 e. The molecule has 0 aromatic heterocycles. The van der Waals surface area contributed by atoms with Gasteiger partial charge in [0.25, 0.3) is 0 Å². The Morgan fingerprint density at radius 1 is 1.14 bits per heavy atom. The molecule has 5 aliphatic rings. The van der Waals surface area contributed by atoms with Crippen LogP contribution in [0.1, 0.15) is 99.0 Å². The second-order valence-corrected chi connectivity index (χ2v) is 14.5. The van der Waals surface area contributed by atoms with E-state index >= 15 is 0 Å². The summed E-state index contributed by atoms with van der Waals surface area (Å²) in [5, 5.41) is 24.4. The summed E-state index contributed by atoms with van der Waals surface area (Å²) in [5.41, 5.74) is 18.7. The topological polar surface area (TPSA) is 120 Å². The molecule has 3 heterocycles. The van der Waals surface area contributed by atoms with Gasteiger partial charge in [-0.2, -0.15) is 0 Å². The number of aliphatic hydroxyl groups is 1. The number of carbonyl (C=O) groups is 1. The lowest BCUT2D eigenvalue weighted by molar-refractivity contribution is -0.121. The van der Waals surface area contributed by atoms with Gasteiger partial charge in [-0.25, -0.2) is 0 Å². The van der Waals surface area contributed by atoms with Gasteiger partial charge in [0.05, 0.1) is 11.8 Å². The lowest BCUT2D eigenvalue weighted by Gasteiger charge is -2.46. The highest BCUT2D eigenvalue weighted by molar-refractivity contribution is 5.97. The van der Waals surface area contributed by atoms with Crippen molar-refractivity contribution in [2.24, 2.45) is 10.7 Å². The highest BCUT2D eigenvalue weighted by atomic mass is 16.5. The summed E-state index contributed by atoms with van der Waals surface area (Å²) in [6.45, 7) is 3.07. The number of ether oxygens (including phenoxy) is 1. The minimum absolute atomic E-state index is 0.0563. The number of nitrogens with two attached hydrogens (primary N) is 1. The molecule has 0 spiro atoms. The van der Waals surface area contributed by atoms with Gasteiger partial charge in [0.1, 0.15) is 11.9 Å². The van der Waals surface area contributed by atoms with Gasteiger partial charge in [-0.15, -0.1) is 0 Å². The molecule has 254 valence electrons. The fourth-order valence-electron chi connectivity index (χ4n) is 9.16. The predicted octanol–water partition coefficient (Wildman–Crippen LogP) is 7.37. The minimum atomic E-state index is -0.568. The summed E-state index contributed by atoms with van der Waals surface area (Å²) < 4.78 is 6.18. The van der Waals surface area contributed by atoms with Crippen molar-refractivity contribution in [1.82, 2.24) is 4.90 Å². The van der Waals surface area contributed by atoms with E-state index in [0.717, 1.165) is 61.0 Å². The molecule has 0 unspecified atom stereocenters. The number of hydrogen-bond acceptors (Lipinski definition) is 8. The fraction of sp³-hybridized carbons (Fsp3) is 0.415. The molecule has 8 rings (SSSR count). The molecule has 3 aromatic rings. The number of benzene rings is 3. The Morgan fingerprint density at radius 3 is 2.88 bits per heavy atom. The van der Waals surface area contributed by atoms with Crippen LogP contribution in [0.4, 0.5) is 5.69 Å². The molecule has 4 atom stereocenters. The van der Waals surface area contributed by atoms with Crippen LogP contribution in [0.2, 0.25) is 0 Å². The zero-order valence-electron chi connectivity index (χ0n) is 28.3. The standard InChI is InChI=1S/C41H46N4O4/c1-2-3-4-8-26(46)20-27(47)16-14-25-15-17-36(48)37(19-25)49-24-45-22-30-33(21-43-35(30)23-45)41-18-7-12-31(41)28-9-6-13-34-39(28)38-29(40(42)44-34)10-5-11-32(38)41/h5-6,9-11,13,15,17,19,21,23,26,31,40,44,46,48H,2-4,7-8,12,14,16,18,20,22,24,42H2,1H3/t26-,31-,40-,41+/m1/s1. The molecule has 49 heavy (non-hydrogen) atoms. The number of nitrogens with zero attached hydrogens (tertiary/aromatic N) is 2. The van der Waals surface area contributed by atoms with Gasteiger partial charge in [-0.1, -0.05) is 69.0 Å². The van der Waals surface area contributed by atoms with Gasteiger partial charge < -0.3 is 30.9 Å². The highest BCUT2D eigenvalue weighted by Crippen LogP contribution is 2.65. The number of aryl methyl sites for hydroxylation is 1. The molecule has 1 saturated carbocycles. The smallest absolute Gasteiger partial charge is 0.163 e. The maximum absolute atomic E-state index is 12.5. The van der Waals surface area contributed by atoms with Gasteiger partial charge in [-0.05, 0) is 83.2 Å². The molecule has 0 amide bonds. The van der Waals surface area contributed by atoms with E-state index in [0.29, 0.717) is 37.5 Å². The van der Waals surface area contributed by atoms with Crippen molar-refractivity contribution in [3.63, 3.8) is 0 Å². The summed E-state index contributed by atoms with van der Waals surface area (Å²) >= 11 is 0. The highest BCUT2D eigenvalue weighted by Gasteiger charge is 2.54. The van der Waals surface area contributed by atoms with Crippen LogP contribution in [0.25, 0.3) is 11.1 Å². The fourth-order valence-corrected chi connectivity index (χ4v) is 9.16. The Kier molecular flexibility index (Phi) is 8.32. The maximum atomic E-state index is 12.5. The van der Waals surface area contributed by atoms with Crippen molar-refractivity contribution < 1.29 is 19.7 Å². The second kappa shape index (κ2) is 12.8. The number of hydrogen-bond donors (Lipinski definition) is 4. The average Bonchev–Trinajstić information content (AvgIpc) is 3.82. The zero-order chi connectivity index (χ0) is 33.7. The van der Waals surface area contributed by atoms with Crippen molar-refractivity contribution in [1.29, 1.82) is 0 Å². The summed E-state index contributed by atoms with van der Waals surface area (Å²) in [4.78, 5) is 19.6. The normalized spacial score (nSPS) is 23.2. The summed E-state index contributed by atoms with van der Waals surface area (Å²) in [6.07, 6.45) is 11.6. The van der Waals surface area contributed by atoms with Crippen molar-refractivity contribution in [2.45, 2.75) is 94.7 Å². The number of aromatic hydroxyl groups is 1. The number of aliphatic imine (C=N–C) groups is 1. The average molecular weight is 659 g/mol. The number of rotatable bonds is 13. The van der Waals surface area contributed by atoms with Crippen LogP contribution in [0, 0.1) is 0 Å². The molecule has 8 heteroatoms. The number of anilines is 1. The lowest BCUT2D eigenvalue weighted by Crippen LogP contribution is -2.39. The number of phenolic OH excluding ortho intramolecular Hbond substituents is 1. The number of aliphatic hydroxyl groups excluding tert-OH is 1. The van der Waals surface area contributed by atoms with Crippen LogP contribution in [0.3, 0.4) is 0 Å². The number of phenols is 1. The molecule has 3 aliphatic heterocycles. The molecular formula is C41H46N4O4. The molecule has 8 nitrogen and oxygen atoms in total. The molecule has 1 fully saturated rings. The molecule has 5 N–H and O–H groups in total. The van der Waals surface area contributed by atoms with E-state index in [1.807, 2.05) is 12.1 Å². The Labute approximate surface area is 288 Å². The first-order valence-electron chi connectivity index (χ1n) is 18.0. The number of ketones is 1. The molecule has 0 bridgehead atoms. The second-order valence-electron chi connectivity index (χ2n) is 14.5. The number of carbonyl (C=O) groups excluding carboxylic acids is 1. The van der Waals surface area contributed by atoms with Crippen molar-refractivity contribution >= 4 is 17.7 Å². The van der Waals surface area contributed by atoms with Gasteiger partial charge in [0.15, 0.2) is 18.2 Å². The van der Waals surface area contributed by atoms with E-state index in [2.05, 4.69) is 66.0 Å². The number of unbranched alkanes of at least 4 members (excludes halogenated alkanes) is 2. The quantitative estimate of drug-likeness (QED) is 0.142. The van der Waals surface area contributed by atoms with E-state index in [4.69, 9.17) is 15.5 Å². The first-order valence-corrected chi connectivity index (χ1v) is 18.0. The number of allylic oxidation sites excluding steroid dienone is 1.